The monoisotopic (exact) mass is 290 g/mol. The van der Waals surface area contributed by atoms with E-state index in [0.29, 0.717) is 12.5 Å². The van der Waals surface area contributed by atoms with Crippen LogP contribution in [0.3, 0.4) is 0 Å². The van der Waals surface area contributed by atoms with Gasteiger partial charge in [-0.25, -0.2) is 9.37 Å². The zero-order chi connectivity index (χ0) is 14.1. The summed E-state index contributed by atoms with van der Waals surface area (Å²) in [4.78, 5) is 15.6. The molecule has 0 aliphatic heterocycles. The van der Waals surface area contributed by atoms with E-state index < -0.39 is 11.7 Å². The SMILES string of the molecule is O=C(NCC1Cc2ccccc21)c1cc(F)cnc1Cl. The highest BCUT2D eigenvalue weighted by molar-refractivity contribution is 6.32. The number of carbonyl (C=O) groups excluding carboxylic acids is 1. The summed E-state index contributed by atoms with van der Waals surface area (Å²) in [6, 6.07) is 9.23. The Bertz CT molecular complexity index is 675. The largest absolute Gasteiger partial charge is 0.351 e. The Morgan fingerprint density at radius 2 is 2.25 bits per heavy atom. The molecule has 1 heterocycles. The van der Waals surface area contributed by atoms with Crippen LogP contribution in [0.4, 0.5) is 4.39 Å². The van der Waals surface area contributed by atoms with E-state index in [1.807, 2.05) is 12.1 Å². The van der Waals surface area contributed by atoms with E-state index in [2.05, 4.69) is 22.4 Å². The summed E-state index contributed by atoms with van der Waals surface area (Å²) in [6.07, 6.45) is 1.94. The average molecular weight is 291 g/mol. The molecule has 0 spiro atoms. The van der Waals surface area contributed by atoms with Crippen molar-refractivity contribution in [3.05, 3.63) is 64.2 Å². The van der Waals surface area contributed by atoms with E-state index in [1.54, 1.807) is 0 Å². The molecular weight excluding hydrogens is 279 g/mol. The Kier molecular flexibility index (Phi) is 3.40. The van der Waals surface area contributed by atoms with Crippen LogP contribution >= 0.6 is 11.6 Å². The first kappa shape index (κ1) is 13.1. The lowest BCUT2D eigenvalue weighted by Crippen LogP contribution is -2.33. The first-order valence-corrected chi connectivity index (χ1v) is 6.70. The fourth-order valence-electron chi connectivity index (χ4n) is 2.44. The third-order valence-corrected chi connectivity index (χ3v) is 3.82. The summed E-state index contributed by atoms with van der Waals surface area (Å²) in [5, 5.41) is 2.79. The van der Waals surface area contributed by atoms with Gasteiger partial charge in [-0.3, -0.25) is 4.79 Å². The number of halogens is 2. The van der Waals surface area contributed by atoms with Crippen molar-refractivity contribution < 1.29 is 9.18 Å². The lowest BCUT2D eigenvalue weighted by Gasteiger charge is -2.30. The van der Waals surface area contributed by atoms with Crippen molar-refractivity contribution in [2.24, 2.45) is 0 Å². The number of carbonyl (C=O) groups is 1. The minimum absolute atomic E-state index is 0.0120. The molecule has 2 aromatic rings. The van der Waals surface area contributed by atoms with Crippen LogP contribution in [0.5, 0.6) is 0 Å². The quantitative estimate of drug-likeness (QED) is 0.883. The van der Waals surface area contributed by atoms with Gasteiger partial charge in [0, 0.05) is 12.5 Å². The molecule has 0 fully saturated rings. The summed E-state index contributed by atoms with van der Waals surface area (Å²) < 4.78 is 13.1. The number of hydrogen-bond acceptors (Lipinski definition) is 2. The summed E-state index contributed by atoms with van der Waals surface area (Å²) in [6.45, 7) is 0.517. The zero-order valence-corrected chi connectivity index (χ0v) is 11.3. The maximum absolute atomic E-state index is 13.1. The fraction of sp³-hybridized carbons (Fsp3) is 0.200. The van der Waals surface area contributed by atoms with Gasteiger partial charge in [-0.2, -0.15) is 0 Å². The Labute approximate surface area is 120 Å². The van der Waals surface area contributed by atoms with Gasteiger partial charge in [0.25, 0.3) is 5.91 Å². The molecule has 0 saturated heterocycles. The lowest BCUT2D eigenvalue weighted by atomic mass is 9.77. The summed E-state index contributed by atoms with van der Waals surface area (Å²) in [7, 11) is 0. The highest BCUT2D eigenvalue weighted by atomic mass is 35.5. The van der Waals surface area contributed by atoms with Gasteiger partial charge >= 0.3 is 0 Å². The van der Waals surface area contributed by atoms with Crippen molar-refractivity contribution in [1.82, 2.24) is 10.3 Å². The van der Waals surface area contributed by atoms with E-state index in [0.717, 1.165) is 18.7 Å². The highest BCUT2D eigenvalue weighted by Crippen LogP contribution is 2.34. The van der Waals surface area contributed by atoms with Crippen molar-refractivity contribution in [1.29, 1.82) is 0 Å². The first-order valence-electron chi connectivity index (χ1n) is 6.32. The molecule has 0 radical (unpaired) electrons. The van der Waals surface area contributed by atoms with Gasteiger partial charge in [-0.15, -0.1) is 0 Å². The third kappa shape index (κ3) is 2.39. The van der Waals surface area contributed by atoms with E-state index in [4.69, 9.17) is 11.6 Å². The topological polar surface area (TPSA) is 42.0 Å². The lowest BCUT2D eigenvalue weighted by molar-refractivity contribution is 0.0949. The van der Waals surface area contributed by atoms with E-state index in [9.17, 15) is 9.18 Å². The smallest absolute Gasteiger partial charge is 0.254 e. The van der Waals surface area contributed by atoms with Gasteiger partial charge in [0.2, 0.25) is 0 Å². The Morgan fingerprint density at radius 1 is 1.45 bits per heavy atom. The predicted octanol–water partition coefficient (Wildman–Crippen LogP) is 2.94. The maximum atomic E-state index is 13.1. The number of amides is 1. The molecule has 3 rings (SSSR count). The minimum Gasteiger partial charge on any atom is -0.351 e. The van der Waals surface area contributed by atoms with Gasteiger partial charge in [-0.1, -0.05) is 35.9 Å². The molecule has 1 atom stereocenters. The van der Waals surface area contributed by atoms with Crippen LogP contribution in [0.1, 0.15) is 27.4 Å². The van der Waals surface area contributed by atoms with Crippen LogP contribution in [-0.2, 0) is 6.42 Å². The van der Waals surface area contributed by atoms with Crippen LogP contribution in [0.15, 0.2) is 36.5 Å². The minimum atomic E-state index is -0.575. The number of nitrogens with one attached hydrogen (secondary N) is 1. The van der Waals surface area contributed by atoms with Gasteiger partial charge < -0.3 is 5.32 Å². The standard InChI is InChI=1S/C15H12ClFN2O/c16-14-13(6-11(17)8-18-14)15(20)19-7-10-5-9-3-1-2-4-12(9)10/h1-4,6,8,10H,5,7H2,(H,19,20). The van der Waals surface area contributed by atoms with E-state index in [1.165, 1.54) is 11.1 Å². The number of aromatic nitrogens is 1. The number of pyridine rings is 1. The average Bonchev–Trinajstić information content (AvgIpc) is 2.42. The molecule has 1 aliphatic carbocycles. The molecule has 1 unspecified atom stereocenters. The second kappa shape index (κ2) is 5.21. The number of nitrogens with zero attached hydrogens (tertiary/aromatic N) is 1. The first-order chi connectivity index (χ1) is 9.65. The van der Waals surface area contributed by atoms with Gasteiger partial charge in [0.15, 0.2) is 0 Å². The molecule has 5 heteroatoms. The molecule has 102 valence electrons. The number of benzene rings is 1. The molecular formula is C15H12ClFN2O. The van der Waals surface area contributed by atoms with E-state index in [-0.39, 0.29) is 10.7 Å². The highest BCUT2D eigenvalue weighted by Gasteiger charge is 2.26. The molecule has 1 N–H and O–H groups in total. The molecule has 20 heavy (non-hydrogen) atoms. The van der Waals surface area contributed by atoms with Crippen LogP contribution in [0, 0.1) is 5.82 Å². The molecule has 1 aromatic heterocycles. The van der Waals surface area contributed by atoms with Crippen LogP contribution in [0.2, 0.25) is 5.15 Å². The molecule has 0 saturated carbocycles. The van der Waals surface area contributed by atoms with Crippen molar-refractivity contribution in [2.75, 3.05) is 6.54 Å². The molecule has 0 bridgehead atoms. The number of rotatable bonds is 3. The molecule has 3 nitrogen and oxygen atoms in total. The molecule has 1 aromatic carbocycles. The fourth-order valence-corrected chi connectivity index (χ4v) is 2.63. The van der Waals surface area contributed by atoms with Crippen molar-refractivity contribution in [3.8, 4) is 0 Å². The Balaban J connectivity index is 1.65. The second-order valence-corrected chi connectivity index (χ2v) is 5.16. The maximum Gasteiger partial charge on any atom is 0.254 e. The third-order valence-electron chi connectivity index (χ3n) is 3.52. The molecule has 1 amide bonds. The van der Waals surface area contributed by atoms with Gasteiger partial charge in [-0.05, 0) is 23.6 Å². The van der Waals surface area contributed by atoms with Crippen molar-refractivity contribution in [2.45, 2.75) is 12.3 Å². The van der Waals surface area contributed by atoms with Crippen LogP contribution in [-0.4, -0.2) is 17.4 Å². The van der Waals surface area contributed by atoms with Crippen molar-refractivity contribution in [3.63, 3.8) is 0 Å². The second-order valence-electron chi connectivity index (χ2n) is 4.80. The number of fused-ring (bicyclic) bond motifs is 1. The Morgan fingerprint density at radius 3 is 3.05 bits per heavy atom. The van der Waals surface area contributed by atoms with Crippen molar-refractivity contribution >= 4 is 17.5 Å². The predicted molar refractivity (Wildman–Crippen MR) is 74.4 cm³/mol. The van der Waals surface area contributed by atoms with Gasteiger partial charge in [0.1, 0.15) is 11.0 Å². The van der Waals surface area contributed by atoms with Gasteiger partial charge in [0.05, 0.1) is 11.8 Å². The summed E-state index contributed by atoms with van der Waals surface area (Å²) in [5.41, 5.74) is 2.65. The number of hydrogen-bond donors (Lipinski definition) is 1. The Hall–Kier alpha value is -1.94. The summed E-state index contributed by atoms with van der Waals surface area (Å²) >= 11 is 5.80. The summed E-state index contributed by atoms with van der Waals surface area (Å²) in [5.74, 6) is -0.657. The molecule has 1 aliphatic rings. The van der Waals surface area contributed by atoms with Crippen LogP contribution in [0.25, 0.3) is 0 Å². The van der Waals surface area contributed by atoms with E-state index >= 15 is 0 Å². The normalized spacial score (nSPS) is 16.2. The zero-order valence-electron chi connectivity index (χ0n) is 10.6. The van der Waals surface area contributed by atoms with Crippen LogP contribution < -0.4 is 5.32 Å².